The molecule has 0 bridgehead atoms. The standard InChI is InChI=1S/C21H23N3O5/c1-21(2,12-5-6-15-18(7-12)29-11-28-15)22-10-19-23-14-9-17(27-4)16(26-3)8-13(14)20(25)24-19/h5-9,22H,10-11H2,1-4H3,(H,23,24,25). The molecule has 2 heterocycles. The predicted octanol–water partition coefficient (Wildman–Crippen LogP) is 2.69. The second-order valence-corrected chi connectivity index (χ2v) is 7.28. The highest BCUT2D eigenvalue weighted by molar-refractivity contribution is 5.81. The van der Waals surface area contributed by atoms with Crippen LogP contribution in [0.2, 0.25) is 0 Å². The van der Waals surface area contributed by atoms with Crippen molar-refractivity contribution in [2.75, 3.05) is 21.0 Å². The maximum Gasteiger partial charge on any atom is 0.258 e. The number of hydrogen-bond donors (Lipinski definition) is 2. The summed E-state index contributed by atoms with van der Waals surface area (Å²) in [7, 11) is 3.08. The molecule has 2 N–H and O–H groups in total. The van der Waals surface area contributed by atoms with Crippen LogP contribution in [0.25, 0.3) is 10.9 Å². The van der Waals surface area contributed by atoms with Gasteiger partial charge >= 0.3 is 0 Å². The van der Waals surface area contributed by atoms with Gasteiger partial charge in [0.1, 0.15) is 5.82 Å². The van der Waals surface area contributed by atoms with Crippen molar-refractivity contribution in [1.29, 1.82) is 0 Å². The number of nitrogens with one attached hydrogen (secondary N) is 2. The van der Waals surface area contributed by atoms with Crippen LogP contribution >= 0.6 is 0 Å². The van der Waals surface area contributed by atoms with Gasteiger partial charge in [-0.2, -0.15) is 0 Å². The first kappa shape index (κ1) is 19.1. The van der Waals surface area contributed by atoms with E-state index in [2.05, 4.69) is 29.1 Å². The fourth-order valence-corrected chi connectivity index (χ4v) is 3.29. The molecule has 0 spiro atoms. The molecule has 0 fully saturated rings. The summed E-state index contributed by atoms with van der Waals surface area (Å²) in [6.07, 6.45) is 0. The molecular formula is C21H23N3O5. The molecule has 0 aliphatic carbocycles. The first-order valence-corrected chi connectivity index (χ1v) is 9.21. The minimum absolute atomic E-state index is 0.228. The normalized spacial score (nSPS) is 13.0. The lowest BCUT2D eigenvalue weighted by Crippen LogP contribution is -2.36. The number of fused-ring (bicyclic) bond motifs is 2. The van der Waals surface area contributed by atoms with Gasteiger partial charge in [-0.25, -0.2) is 4.98 Å². The summed E-state index contributed by atoms with van der Waals surface area (Å²) in [4.78, 5) is 20.0. The zero-order valence-corrected chi connectivity index (χ0v) is 16.8. The fourth-order valence-electron chi connectivity index (χ4n) is 3.29. The van der Waals surface area contributed by atoms with Crippen LogP contribution in [0, 0.1) is 0 Å². The smallest absolute Gasteiger partial charge is 0.258 e. The van der Waals surface area contributed by atoms with E-state index in [0.29, 0.717) is 34.8 Å². The molecule has 0 unspecified atom stereocenters. The third-order valence-electron chi connectivity index (χ3n) is 5.05. The van der Waals surface area contributed by atoms with E-state index in [1.807, 2.05) is 18.2 Å². The van der Waals surface area contributed by atoms with Crippen LogP contribution in [0.5, 0.6) is 23.0 Å². The Labute approximate surface area is 167 Å². The number of benzene rings is 2. The van der Waals surface area contributed by atoms with Gasteiger partial charge in [0.05, 0.1) is 31.7 Å². The molecular weight excluding hydrogens is 374 g/mol. The average molecular weight is 397 g/mol. The molecule has 29 heavy (non-hydrogen) atoms. The van der Waals surface area contributed by atoms with Gasteiger partial charge in [0.15, 0.2) is 23.0 Å². The maximum absolute atomic E-state index is 12.5. The largest absolute Gasteiger partial charge is 0.493 e. The first-order chi connectivity index (χ1) is 13.9. The molecule has 8 nitrogen and oxygen atoms in total. The quantitative estimate of drug-likeness (QED) is 0.660. The van der Waals surface area contributed by atoms with Crippen LogP contribution in [0.3, 0.4) is 0 Å². The Morgan fingerprint density at radius 3 is 2.59 bits per heavy atom. The van der Waals surface area contributed by atoms with E-state index in [1.54, 1.807) is 19.2 Å². The van der Waals surface area contributed by atoms with Crippen LogP contribution in [-0.2, 0) is 12.1 Å². The number of methoxy groups -OCH3 is 2. The minimum atomic E-state index is -0.383. The summed E-state index contributed by atoms with van der Waals surface area (Å²) in [5, 5.41) is 3.89. The van der Waals surface area contributed by atoms with E-state index in [9.17, 15) is 4.79 Å². The third kappa shape index (κ3) is 3.58. The van der Waals surface area contributed by atoms with E-state index in [4.69, 9.17) is 18.9 Å². The summed E-state index contributed by atoms with van der Waals surface area (Å²) in [5.41, 5.74) is 0.973. The van der Waals surface area contributed by atoms with Crippen molar-refractivity contribution < 1.29 is 18.9 Å². The van der Waals surface area contributed by atoms with Gasteiger partial charge in [0.25, 0.3) is 5.56 Å². The van der Waals surface area contributed by atoms with Gasteiger partial charge in [-0.3, -0.25) is 4.79 Å². The molecule has 1 aliphatic heterocycles. The minimum Gasteiger partial charge on any atom is -0.493 e. The summed E-state index contributed by atoms with van der Waals surface area (Å²) in [5.74, 6) is 3.02. The first-order valence-electron chi connectivity index (χ1n) is 9.21. The second-order valence-electron chi connectivity index (χ2n) is 7.28. The Bertz CT molecular complexity index is 1120. The number of rotatable bonds is 6. The van der Waals surface area contributed by atoms with Crippen LogP contribution < -0.4 is 29.8 Å². The molecule has 152 valence electrons. The molecule has 2 aromatic carbocycles. The van der Waals surface area contributed by atoms with Crippen LogP contribution in [0.1, 0.15) is 25.2 Å². The van der Waals surface area contributed by atoms with Crippen LogP contribution in [-0.4, -0.2) is 31.0 Å². The highest BCUT2D eigenvalue weighted by Crippen LogP contribution is 2.35. The lowest BCUT2D eigenvalue weighted by atomic mass is 9.94. The average Bonchev–Trinajstić information content (AvgIpc) is 3.19. The van der Waals surface area contributed by atoms with Gasteiger partial charge in [-0.1, -0.05) is 6.07 Å². The molecule has 0 saturated heterocycles. The van der Waals surface area contributed by atoms with Crippen LogP contribution in [0.4, 0.5) is 0 Å². The summed E-state index contributed by atoms with van der Waals surface area (Å²) < 4.78 is 21.4. The Hall–Kier alpha value is -3.26. The number of hydrogen-bond acceptors (Lipinski definition) is 7. The topological polar surface area (TPSA) is 94.7 Å². The van der Waals surface area contributed by atoms with Crippen molar-refractivity contribution in [2.45, 2.75) is 25.9 Å². The van der Waals surface area contributed by atoms with Crippen molar-refractivity contribution in [3.63, 3.8) is 0 Å². The number of nitrogens with zero attached hydrogens (tertiary/aromatic N) is 1. The number of aromatic nitrogens is 2. The van der Waals surface area contributed by atoms with E-state index in [0.717, 1.165) is 17.1 Å². The lowest BCUT2D eigenvalue weighted by Gasteiger charge is -2.27. The second kappa shape index (κ2) is 7.29. The highest BCUT2D eigenvalue weighted by Gasteiger charge is 2.24. The van der Waals surface area contributed by atoms with Crippen LogP contribution in [0.15, 0.2) is 35.1 Å². The number of H-pyrrole nitrogens is 1. The van der Waals surface area contributed by atoms with Gasteiger partial charge in [0, 0.05) is 11.6 Å². The zero-order valence-electron chi connectivity index (χ0n) is 16.8. The number of ether oxygens (including phenoxy) is 4. The molecule has 0 radical (unpaired) electrons. The van der Waals surface area contributed by atoms with Crippen molar-refractivity contribution in [3.8, 4) is 23.0 Å². The molecule has 4 rings (SSSR count). The number of aromatic amines is 1. The predicted molar refractivity (Wildman–Crippen MR) is 108 cm³/mol. The third-order valence-corrected chi connectivity index (χ3v) is 5.05. The van der Waals surface area contributed by atoms with Gasteiger partial charge in [0.2, 0.25) is 6.79 Å². The highest BCUT2D eigenvalue weighted by atomic mass is 16.7. The molecule has 1 aliphatic rings. The van der Waals surface area contributed by atoms with Crippen molar-refractivity contribution in [1.82, 2.24) is 15.3 Å². The van der Waals surface area contributed by atoms with E-state index >= 15 is 0 Å². The van der Waals surface area contributed by atoms with E-state index in [-0.39, 0.29) is 17.9 Å². The lowest BCUT2D eigenvalue weighted by molar-refractivity contribution is 0.174. The molecule has 8 heteroatoms. The summed E-state index contributed by atoms with van der Waals surface area (Å²) in [6, 6.07) is 9.19. The van der Waals surface area contributed by atoms with Gasteiger partial charge in [-0.15, -0.1) is 0 Å². The van der Waals surface area contributed by atoms with E-state index < -0.39 is 0 Å². The SMILES string of the molecule is COc1cc2nc(CNC(C)(C)c3ccc4c(c3)OCO4)[nH]c(=O)c2cc1OC. The summed E-state index contributed by atoms with van der Waals surface area (Å²) >= 11 is 0. The monoisotopic (exact) mass is 397 g/mol. The van der Waals surface area contributed by atoms with Crippen molar-refractivity contribution >= 4 is 10.9 Å². The van der Waals surface area contributed by atoms with Gasteiger partial charge in [-0.05, 0) is 37.6 Å². The van der Waals surface area contributed by atoms with E-state index in [1.165, 1.54) is 7.11 Å². The maximum atomic E-state index is 12.5. The Morgan fingerprint density at radius 1 is 1.10 bits per heavy atom. The Morgan fingerprint density at radius 2 is 1.83 bits per heavy atom. The fraction of sp³-hybridized carbons (Fsp3) is 0.333. The zero-order chi connectivity index (χ0) is 20.6. The molecule has 3 aromatic rings. The van der Waals surface area contributed by atoms with Gasteiger partial charge < -0.3 is 29.2 Å². The molecule has 0 amide bonds. The summed E-state index contributed by atoms with van der Waals surface area (Å²) in [6.45, 7) is 4.72. The molecule has 0 atom stereocenters. The molecule has 1 aromatic heterocycles. The van der Waals surface area contributed by atoms with Crippen molar-refractivity contribution in [3.05, 3.63) is 52.1 Å². The Kier molecular flexibility index (Phi) is 4.79. The molecule has 0 saturated carbocycles. The Balaban J connectivity index is 1.59. The van der Waals surface area contributed by atoms with Crippen molar-refractivity contribution in [2.24, 2.45) is 0 Å².